The van der Waals surface area contributed by atoms with Crippen LogP contribution in [0.3, 0.4) is 0 Å². The van der Waals surface area contributed by atoms with Crippen molar-refractivity contribution >= 4 is 23.2 Å². The van der Waals surface area contributed by atoms with Crippen molar-refractivity contribution < 1.29 is 9.18 Å². The molecule has 0 unspecified atom stereocenters. The van der Waals surface area contributed by atoms with Gasteiger partial charge in [-0.05, 0) is 38.5 Å². The summed E-state index contributed by atoms with van der Waals surface area (Å²) in [6.07, 6.45) is 0.267. The van der Waals surface area contributed by atoms with Gasteiger partial charge in [0.15, 0.2) is 0 Å². The van der Waals surface area contributed by atoms with Crippen LogP contribution in [0.5, 0.6) is 0 Å². The molecule has 7 heteroatoms. The van der Waals surface area contributed by atoms with E-state index < -0.39 is 11.7 Å². The first kappa shape index (κ1) is 16.2. The number of nitrogens with one attached hydrogen (secondary N) is 2. The summed E-state index contributed by atoms with van der Waals surface area (Å²) in [5.74, 6) is -0.443. The number of carbonyl (C=O) groups is 1. The molecule has 1 amide bonds. The largest absolute Gasteiger partial charge is 0.324 e. The lowest BCUT2D eigenvalue weighted by Crippen LogP contribution is -2.20. The monoisotopic (exact) mass is 323 g/mol. The molecule has 2 aromatic rings. The second-order valence-corrected chi connectivity index (χ2v) is 5.32. The van der Waals surface area contributed by atoms with Crippen molar-refractivity contribution in [2.75, 3.05) is 5.32 Å². The van der Waals surface area contributed by atoms with Gasteiger partial charge in [-0.2, -0.15) is 0 Å². The molecule has 22 heavy (non-hydrogen) atoms. The average molecular weight is 324 g/mol. The summed E-state index contributed by atoms with van der Waals surface area (Å²) in [5, 5.41) is 2.77. The molecule has 1 heterocycles. The predicted octanol–water partition coefficient (Wildman–Crippen LogP) is 2.75. The molecule has 0 spiro atoms. The maximum atomic E-state index is 13.5. The Balaban J connectivity index is 2.05. The third-order valence-electron chi connectivity index (χ3n) is 3.15. The molecule has 116 valence electrons. The van der Waals surface area contributed by atoms with E-state index in [9.17, 15) is 14.0 Å². The lowest BCUT2D eigenvalue weighted by molar-refractivity contribution is -0.116. The van der Waals surface area contributed by atoms with E-state index in [1.807, 2.05) is 0 Å². The number of aromatic amines is 1. The van der Waals surface area contributed by atoms with Gasteiger partial charge in [-0.25, -0.2) is 9.37 Å². The number of rotatable bonds is 4. The number of amides is 1. The minimum Gasteiger partial charge on any atom is -0.324 e. The van der Waals surface area contributed by atoms with Gasteiger partial charge in [-0.15, -0.1) is 0 Å². The van der Waals surface area contributed by atoms with Crippen LogP contribution in [-0.2, 0) is 11.2 Å². The first-order valence-corrected chi connectivity index (χ1v) is 7.06. The Labute approximate surface area is 131 Å². The standard InChI is InChI=1S/C15H15ClFN3O2/c1-8-11(15(22)19-9(2)18-8)4-6-14(21)20-13-7-10(16)3-5-12(13)17/h3,5,7H,4,6H2,1-2H3,(H,20,21)(H,18,19,22). The quantitative estimate of drug-likeness (QED) is 0.908. The second-order valence-electron chi connectivity index (χ2n) is 4.89. The zero-order valence-electron chi connectivity index (χ0n) is 12.2. The number of halogens is 2. The first-order chi connectivity index (χ1) is 10.4. The molecule has 0 aliphatic carbocycles. The topological polar surface area (TPSA) is 74.8 Å². The molecule has 1 aromatic heterocycles. The Morgan fingerprint density at radius 1 is 1.41 bits per heavy atom. The van der Waals surface area contributed by atoms with E-state index in [1.165, 1.54) is 18.2 Å². The summed E-state index contributed by atoms with van der Waals surface area (Å²) in [4.78, 5) is 30.5. The van der Waals surface area contributed by atoms with Crippen molar-refractivity contribution in [3.05, 3.63) is 56.5 Å². The SMILES string of the molecule is Cc1nc(C)c(CCC(=O)Nc2cc(Cl)ccc2F)c(=O)[nH]1. The van der Waals surface area contributed by atoms with Crippen molar-refractivity contribution in [3.63, 3.8) is 0 Å². The second kappa shape index (κ2) is 6.70. The fourth-order valence-electron chi connectivity index (χ4n) is 2.09. The van der Waals surface area contributed by atoms with Crippen LogP contribution < -0.4 is 10.9 Å². The van der Waals surface area contributed by atoms with Crippen molar-refractivity contribution in [2.45, 2.75) is 26.7 Å². The fourth-order valence-corrected chi connectivity index (χ4v) is 2.26. The van der Waals surface area contributed by atoms with Gasteiger partial charge < -0.3 is 10.3 Å². The average Bonchev–Trinajstić information content (AvgIpc) is 2.41. The van der Waals surface area contributed by atoms with E-state index in [4.69, 9.17) is 11.6 Å². The van der Waals surface area contributed by atoms with Crippen LogP contribution in [0.1, 0.15) is 23.5 Å². The van der Waals surface area contributed by atoms with Crippen molar-refractivity contribution in [3.8, 4) is 0 Å². The maximum absolute atomic E-state index is 13.5. The van der Waals surface area contributed by atoms with Crippen molar-refractivity contribution in [1.82, 2.24) is 9.97 Å². The van der Waals surface area contributed by atoms with Crippen LogP contribution in [0, 0.1) is 19.7 Å². The molecular weight excluding hydrogens is 309 g/mol. The Bertz CT molecular complexity index is 774. The minimum absolute atomic E-state index is 0.0187. The zero-order valence-corrected chi connectivity index (χ0v) is 12.9. The van der Waals surface area contributed by atoms with E-state index in [2.05, 4.69) is 15.3 Å². The van der Waals surface area contributed by atoms with Crippen molar-refractivity contribution in [2.24, 2.45) is 0 Å². The van der Waals surface area contributed by atoms with Crippen LogP contribution in [0.2, 0.25) is 5.02 Å². The third-order valence-corrected chi connectivity index (χ3v) is 3.38. The molecule has 0 saturated heterocycles. The first-order valence-electron chi connectivity index (χ1n) is 6.68. The highest BCUT2D eigenvalue weighted by molar-refractivity contribution is 6.30. The Kier molecular flexibility index (Phi) is 4.92. The van der Waals surface area contributed by atoms with Crippen LogP contribution >= 0.6 is 11.6 Å². The highest BCUT2D eigenvalue weighted by Crippen LogP contribution is 2.19. The smallest absolute Gasteiger partial charge is 0.254 e. The Morgan fingerprint density at radius 3 is 2.82 bits per heavy atom. The van der Waals surface area contributed by atoms with Gasteiger partial charge in [0.1, 0.15) is 11.6 Å². The number of hydrogen-bond acceptors (Lipinski definition) is 3. The molecule has 0 bridgehead atoms. The lowest BCUT2D eigenvalue weighted by atomic mass is 10.1. The number of anilines is 1. The summed E-state index contributed by atoms with van der Waals surface area (Å²) in [5.41, 5.74) is 0.798. The molecule has 0 aliphatic rings. The molecule has 5 nitrogen and oxygen atoms in total. The van der Waals surface area contributed by atoms with E-state index in [1.54, 1.807) is 13.8 Å². The van der Waals surface area contributed by atoms with Gasteiger partial charge in [-0.1, -0.05) is 11.6 Å². The number of aryl methyl sites for hydroxylation is 2. The number of hydrogen-bond donors (Lipinski definition) is 2. The normalized spacial score (nSPS) is 10.5. The number of H-pyrrole nitrogens is 1. The molecule has 0 atom stereocenters. The number of aromatic nitrogens is 2. The van der Waals surface area contributed by atoms with Gasteiger partial charge in [0.05, 0.1) is 5.69 Å². The maximum Gasteiger partial charge on any atom is 0.254 e. The zero-order chi connectivity index (χ0) is 16.3. The third kappa shape index (κ3) is 3.92. The minimum atomic E-state index is -0.566. The van der Waals surface area contributed by atoms with E-state index in [0.717, 1.165) is 0 Å². The summed E-state index contributed by atoms with van der Waals surface area (Å²) >= 11 is 5.76. The molecular formula is C15H15ClFN3O2. The van der Waals surface area contributed by atoms with Crippen LogP contribution in [0.25, 0.3) is 0 Å². The van der Waals surface area contributed by atoms with E-state index in [0.29, 0.717) is 22.1 Å². The van der Waals surface area contributed by atoms with Crippen molar-refractivity contribution in [1.29, 1.82) is 0 Å². The van der Waals surface area contributed by atoms with Crippen LogP contribution in [-0.4, -0.2) is 15.9 Å². The number of carbonyl (C=O) groups excluding carboxylic acids is 1. The van der Waals surface area contributed by atoms with Gasteiger partial charge in [-0.3, -0.25) is 9.59 Å². The number of nitrogens with zero attached hydrogens (tertiary/aromatic N) is 1. The molecule has 0 radical (unpaired) electrons. The lowest BCUT2D eigenvalue weighted by Gasteiger charge is -2.08. The summed E-state index contributed by atoms with van der Waals surface area (Å²) in [6.45, 7) is 3.40. The van der Waals surface area contributed by atoms with Gasteiger partial charge in [0.25, 0.3) is 5.56 Å². The molecule has 2 rings (SSSR count). The summed E-state index contributed by atoms with van der Waals surface area (Å²) in [7, 11) is 0. The molecule has 2 N–H and O–H groups in total. The predicted molar refractivity (Wildman–Crippen MR) is 82.7 cm³/mol. The molecule has 1 aromatic carbocycles. The summed E-state index contributed by atoms with van der Waals surface area (Å²) in [6, 6.07) is 3.91. The summed E-state index contributed by atoms with van der Waals surface area (Å²) < 4.78 is 13.5. The number of benzene rings is 1. The van der Waals surface area contributed by atoms with Crippen LogP contribution in [0.15, 0.2) is 23.0 Å². The van der Waals surface area contributed by atoms with E-state index in [-0.39, 0.29) is 24.1 Å². The highest BCUT2D eigenvalue weighted by atomic mass is 35.5. The van der Waals surface area contributed by atoms with E-state index >= 15 is 0 Å². The molecule has 0 fully saturated rings. The Morgan fingerprint density at radius 2 is 2.14 bits per heavy atom. The van der Waals surface area contributed by atoms with Gasteiger partial charge in [0, 0.05) is 22.7 Å². The Hall–Kier alpha value is -2.21. The highest BCUT2D eigenvalue weighted by Gasteiger charge is 2.11. The molecule has 0 saturated carbocycles. The van der Waals surface area contributed by atoms with Crippen LogP contribution in [0.4, 0.5) is 10.1 Å². The van der Waals surface area contributed by atoms with Gasteiger partial charge in [0.2, 0.25) is 5.91 Å². The fraction of sp³-hybridized carbons (Fsp3) is 0.267. The molecule has 0 aliphatic heterocycles. The van der Waals surface area contributed by atoms with Gasteiger partial charge >= 0.3 is 0 Å².